The number of aryl methyl sites for hydroxylation is 1. The highest BCUT2D eigenvalue weighted by molar-refractivity contribution is 7.98. The van der Waals surface area contributed by atoms with Crippen LogP contribution in [0.15, 0.2) is 53.5 Å². The lowest BCUT2D eigenvalue weighted by molar-refractivity contribution is -0.113. The molecule has 28 heavy (non-hydrogen) atoms. The Balaban J connectivity index is 2.03. The summed E-state index contributed by atoms with van der Waals surface area (Å²) in [5.41, 5.74) is 1.95. The Bertz CT molecular complexity index is 1050. The van der Waals surface area contributed by atoms with Crippen LogP contribution < -0.4 is 14.3 Å². The lowest BCUT2D eigenvalue weighted by Gasteiger charge is -2.09. The van der Waals surface area contributed by atoms with Crippen molar-refractivity contribution in [3.05, 3.63) is 58.9 Å². The summed E-state index contributed by atoms with van der Waals surface area (Å²) in [4.78, 5) is 17.4. The van der Waals surface area contributed by atoms with Gasteiger partial charge >= 0.3 is 0 Å². The Morgan fingerprint density at radius 2 is 1.89 bits per heavy atom. The largest absolute Gasteiger partial charge is 0.493 e. The van der Waals surface area contributed by atoms with E-state index >= 15 is 0 Å². The van der Waals surface area contributed by atoms with Crippen molar-refractivity contribution in [3.63, 3.8) is 0 Å². The second kappa shape index (κ2) is 9.61. The molecule has 2 aromatic carbocycles. The van der Waals surface area contributed by atoms with Crippen LogP contribution in [0.25, 0.3) is 16.3 Å². The number of ether oxygens (including phenoxy) is 2. The molecule has 0 unspecified atom stereocenters. The summed E-state index contributed by atoms with van der Waals surface area (Å²) >= 11 is 3.22. The van der Waals surface area contributed by atoms with Crippen molar-refractivity contribution >= 4 is 45.3 Å². The highest BCUT2D eigenvalue weighted by atomic mass is 32.2. The summed E-state index contributed by atoms with van der Waals surface area (Å²) in [5, 5.41) is 0. The summed E-state index contributed by atoms with van der Waals surface area (Å²) in [6, 6.07) is 13.6. The van der Waals surface area contributed by atoms with Crippen LogP contribution >= 0.6 is 23.1 Å². The van der Waals surface area contributed by atoms with E-state index in [0.29, 0.717) is 16.3 Å². The first kappa shape index (κ1) is 20.2. The molecule has 0 N–H and O–H groups in total. The van der Waals surface area contributed by atoms with Gasteiger partial charge in [0, 0.05) is 30.5 Å². The van der Waals surface area contributed by atoms with Gasteiger partial charge in [-0.3, -0.25) is 4.79 Å². The predicted molar refractivity (Wildman–Crippen MR) is 117 cm³/mol. The lowest BCUT2D eigenvalue weighted by atomic mass is 10.2. The van der Waals surface area contributed by atoms with Crippen LogP contribution in [0, 0.1) is 0 Å². The number of methoxy groups -OCH3 is 2. The van der Waals surface area contributed by atoms with Crippen molar-refractivity contribution in [1.82, 2.24) is 4.57 Å². The number of hydrogen-bond donors (Lipinski definition) is 0. The average Bonchev–Trinajstić information content (AvgIpc) is 3.05. The molecule has 0 spiro atoms. The molecule has 146 valence electrons. The molecule has 0 bridgehead atoms. The summed E-state index contributed by atoms with van der Waals surface area (Å²) < 4.78 is 13.9. The second-order valence-corrected chi connectivity index (χ2v) is 7.89. The standard InChI is InChI=1S/C21H22N2O3S2/c1-25-17-13-16-19(14-18(17)26-2)28-21(23(16)11-12-27-3)22-20(24)10-9-15-7-5-4-6-8-15/h4-10,13-14H,11-12H2,1-3H3/b10-9+,22-21?. The minimum absolute atomic E-state index is 0.285. The van der Waals surface area contributed by atoms with Crippen LogP contribution in [0.1, 0.15) is 5.56 Å². The van der Waals surface area contributed by atoms with Crippen molar-refractivity contribution in [1.29, 1.82) is 0 Å². The van der Waals surface area contributed by atoms with Crippen molar-refractivity contribution in [2.75, 3.05) is 26.2 Å². The number of carbonyl (C=O) groups excluding carboxylic acids is 1. The Labute approximate surface area is 172 Å². The first-order valence-corrected chi connectivity index (χ1v) is 10.9. The molecule has 1 heterocycles. The molecule has 3 aromatic rings. The third kappa shape index (κ3) is 4.66. The Morgan fingerprint density at radius 3 is 2.57 bits per heavy atom. The number of hydrogen-bond acceptors (Lipinski definition) is 5. The lowest BCUT2D eigenvalue weighted by Crippen LogP contribution is -2.17. The number of aromatic nitrogens is 1. The predicted octanol–water partition coefficient (Wildman–Crippen LogP) is 4.22. The van der Waals surface area contributed by atoms with Gasteiger partial charge in [-0.2, -0.15) is 16.8 Å². The molecular weight excluding hydrogens is 392 g/mol. The molecule has 0 aliphatic heterocycles. The third-order valence-electron chi connectivity index (χ3n) is 4.13. The fraction of sp³-hybridized carbons (Fsp3) is 0.238. The molecule has 0 saturated carbocycles. The zero-order valence-corrected chi connectivity index (χ0v) is 17.7. The molecule has 7 heteroatoms. The van der Waals surface area contributed by atoms with Gasteiger partial charge in [0.2, 0.25) is 0 Å². The molecule has 0 radical (unpaired) electrons. The maximum absolute atomic E-state index is 12.4. The molecule has 0 fully saturated rings. The van der Waals surface area contributed by atoms with Gasteiger partial charge in [-0.15, -0.1) is 0 Å². The zero-order chi connectivity index (χ0) is 19.9. The van der Waals surface area contributed by atoms with E-state index in [2.05, 4.69) is 15.8 Å². The van der Waals surface area contributed by atoms with Crippen molar-refractivity contribution < 1.29 is 14.3 Å². The van der Waals surface area contributed by atoms with E-state index in [-0.39, 0.29) is 5.91 Å². The van der Waals surface area contributed by atoms with Gasteiger partial charge in [-0.25, -0.2) is 0 Å². The highest BCUT2D eigenvalue weighted by Gasteiger charge is 2.13. The van der Waals surface area contributed by atoms with Gasteiger partial charge in [0.1, 0.15) is 0 Å². The fourth-order valence-electron chi connectivity index (χ4n) is 2.74. The summed E-state index contributed by atoms with van der Waals surface area (Å²) in [6.45, 7) is 0.755. The van der Waals surface area contributed by atoms with Gasteiger partial charge < -0.3 is 14.0 Å². The van der Waals surface area contributed by atoms with E-state index in [1.54, 1.807) is 32.1 Å². The second-order valence-electron chi connectivity index (χ2n) is 5.90. The molecule has 5 nitrogen and oxygen atoms in total. The zero-order valence-electron chi connectivity index (χ0n) is 16.0. The van der Waals surface area contributed by atoms with E-state index in [0.717, 1.165) is 28.1 Å². The van der Waals surface area contributed by atoms with Crippen LogP contribution in [0.3, 0.4) is 0 Å². The topological polar surface area (TPSA) is 52.8 Å². The first-order chi connectivity index (χ1) is 13.7. The van der Waals surface area contributed by atoms with Crippen LogP contribution in [0.2, 0.25) is 0 Å². The van der Waals surface area contributed by atoms with E-state index in [4.69, 9.17) is 9.47 Å². The number of amides is 1. The Morgan fingerprint density at radius 1 is 1.18 bits per heavy atom. The Kier molecular flexibility index (Phi) is 6.95. The summed E-state index contributed by atoms with van der Waals surface area (Å²) in [5.74, 6) is 1.96. The number of benzene rings is 2. The number of rotatable bonds is 7. The minimum atomic E-state index is -0.285. The van der Waals surface area contributed by atoms with Gasteiger partial charge in [-0.1, -0.05) is 41.7 Å². The van der Waals surface area contributed by atoms with E-state index in [1.165, 1.54) is 17.4 Å². The molecule has 0 saturated heterocycles. The number of fused-ring (bicyclic) bond motifs is 1. The third-order valence-corrected chi connectivity index (χ3v) is 5.76. The summed E-state index contributed by atoms with van der Waals surface area (Å²) in [7, 11) is 3.23. The first-order valence-electron chi connectivity index (χ1n) is 8.72. The molecule has 1 aromatic heterocycles. The molecule has 3 rings (SSSR count). The van der Waals surface area contributed by atoms with Crippen LogP contribution in [0.4, 0.5) is 0 Å². The monoisotopic (exact) mass is 414 g/mol. The number of thiazole rings is 1. The van der Waals surface area contributed by atoms with Crippen LogP contribution in [-0.2, 0) is 11.3 Å². The van der Waals surface area contributed by atoms with Gasteiger partial charge in [0.15, 0.2) is 16.3 Å². The van der Waals surface area contributed by atoms with E-state index in [9.17, 15) is 4.79 Å². The molecule has 0 atom stereocenters. The Hall–Kier alpha value is -2.51. The molecule has 0 aliphatic rings. The number of nitrogens with zero attached hydrogens (tertiary/aromatic N) is 2. The minimum Gasteiger partial charge on any atom is -0.493 e. The summed E-state index contributed by atoms with van der Waals surface area (Å²) in [6.07, 6.45) is 5.33. The maximum atomic E-state index is 12.4. The van der Waals surface area contributed by atoms with Crippen molar-refractivity contribution in [2.24, 2.45) is 4.99 Å². The van der Waals surface area contributed by atoms with E-state index in [1.807, 2.05) is 42.5 Å². The van der Waals surface area contributed by atoms with Crippen molar-refractivity contribution in [2.45, 2.75) is 6.54 Å². The average molecular weight is 415 g/mol. The fourth-order valence-corrected chi connectivity index (χ4v) is 4.18. The molecular formula is C21H22N2O3S2. The number of carbonyl (C=O) groups is 1. The van der Waals surface area contributed by atoms with Gasteiger partial charge in [0.25, 0.3) is 5.91 Å². The SMILES string of the molecule is COc1cc2sc(=NC(=O)/C=C/c3ccccc3)n(CCSC)c2cc1OC. The molecule has 0 aliphatic carbocycles. The van der Waals surface area contributed by atoms with Crippen LogP contribution in [-0.4, -0.2) is 36.7 Å². The van der Waals surface area contributed by atoms with Crippen LogP contribution in [0.5, 0.6) is 11.5 Å². The maximum Gasteiger partial charge on any atom is 0.272 e. The normalized spacial score (nSPS) is 12.0. The van der Waals surface area contributed by atoms with Crippen molar-refractivity contribution in [3.8, 4) is 11.5 Å². The van der Waals surface area contributed by atoms with Gasteiger partial charge in [0.05, 0.1) is 24.4 Å². The highest BCUT2D eigenvalue weighted by Crippen LogP contribution is 2.33. The quantitative estimate of drug-likeness (QED) is 0.543. The van der Waals surface area contributed by atoms with E-state index < -0.39 is 0 Å². The smallest absolute Gasteiger partial charge is 0.272 e. The number of thioether (sulfide) groups is 1. The van der Waals surface area contributed by atoms with Gasteiger partial charge in [-0.05, 0) is 17.9 Å². The molecule has 1 amide bonds.